The summed E-state index contributed by atoms with van der Waals surface area (Å²) in [4.78, 5) is 41.1. The number of hydrogen-bond acceptors (Lipinski definition) is 5. The summed E-state index contributed by atoms with van der Waals surface area (Å²) in [5.41, 5.74) is 1.26. The number of benzene rings is 2. The maximum atomic E-state index is 12.9. The molecule has 1 amide bonds. The molecule has 2 N–H and O–H groups in total. The largest absolute Gasteiger partial charge is 0.478 e. The smallest absolute Gasteiger partial charge is 0.357 e. The molecule has 9 heteroatoms. The fraction of sp³-hybridized carbons (Fsp3) is 0.250. The number of para-hydroxylation sites is 1. The maximum absolute atomic E-state index is 12.9. The Hall–Kier alpha value is -3.65. The molecule has 0 saturated carbocycles. The molecule has 0 atom stereocenters. The second kappa shape index (κ2) is 10.8. The van der Waals surface area contributed by atoms with Crippen LogP contribution in [0.25, 0.3) is 0 Å². The molecule has 3 rings (SSSR count). The van der Waals surface area contributed by atoms with Crippen LogP contribution >= 0.6 is 11.6 Å². The number of methoxy groups -OCH3 is 1. The van der Waals surface area contributed by atoms with Crippen molar-refractivity contribution in [2.75, 3.05) is 12.4 Å². The summed E-state index contributed by atoms with van der Waals surface area (Å²) in [6.45, 7) is 2.26. The second-order valence-electron chi connectivity index (χ2n) is 7.31. The summed E-state index contributed by atoms with van der Waals surface area (Å²) in [7, 11) is 1.27. The molecule has 8 nitrogen and oxygen atoms in total. The van der Waals surface area contributed by atoms with E-state index >= 15 is 0 Å². The Bertz CT molecular complexity index is 1190. The van der Waals surface area contributed by atoms with E-state index in [1.54, 1.807) is 41.0 Å². The third-order valence-corrected chi connectivity index (χ3v) is 5.40. The molecule has 0 aliphatic rings. The van der Waals surface area contributed by atoms with Crippen LogP contribution in [0.5, 0.6) is 0 Å². The van der Waals surface area contributed by atoms with Gasteiger partial charge in [0.05, 0.1) is 24.8 Å². The van der Waals surface area contributed by atoms with Crippen molar-refractivity contribution >= 4 is 35.1 Å². The van der Waals surface area contributed by atoms with Crippen molar-refractivity contribution in [1.82, 2.24) is 9.55 Å². The molecule has 172 valence electrons. The highest BCUT2D eigenvalue weighted by atomic mass is 35.5. The summed E-state index contributed by atoms with van der Waals surface area (Å²) in [5, 5.41) is 12.2. The highest BCUT2D eigenvalue weighted by molar-refractivity contribution is 6.32. The van der Waals surface area contributed by atoms with Crippen LogP contribution in [0.3, 0.4) is 0 Å². The molecule has 0 spiro atoms. The first-order valence-electron chi connectivity index (χ1n) is 10.4. The standard InChI is InChI=1S/C24H24ClN3O5/c1-3-4-13-19-27-21(25)20(24(32)33-2)28(19)14-15-9-5-8-12-18(15)26-22(29)16-10-6-7-11-17(16)23(30)31/h5-12H,3-4,13-14H2,1-2H3,(H,26,29)(H,30,31). The molecular weight excluding hydrogens is 446 g/mol. The number of aromatic nitrogens is 2. The number of rotatable bonds is 9. The first-order chi connectivity index (χ1) is 15.9. The zero-order chi connectivity index (χ0) is 24.0. The number of esters is 1. The molecular formula is C24H24ClN3O5. The summed E-state index contributed by atoms with van der Waals surface area (Å²) in [6.07, 6.45) is 2.42. The number of carbonyl (C=O) groups is 3. The molecule has 1 heterocycles. The maximum Gasteiger partial charge on any atom is 0.357 e. The van der Waals surface area contributed by atoms with Gasteiger partial charge in [-0.2, -0.15) is 0 Å². The number of carbonyl (C=O) groups excluding carboxylic acids is 2. The Labute approximate surface area is 196 Å². The number of carboxylic acid groups (broad SMARTS) is 1. The van der Waals surface area contributed by atoms with Crippen molar-refractivity contribution in [2.45, 2.75) is 32.7 Å². The van der Waals surface area contributed by atoms with Crippen molar-refractivity contribution < 1.29 is 24.2 Å². The number of hydrogen-bond donors (Lipinski definition) is 2. The van der Waals surface area contributed by atoms with Gasteiger partial charge in [-0.3, -0.25) is 4.79 Å². The topological polar surface area (TPSA) is 111 Å². The molecule has 0 bridgehead atoms. The number of aromatic carboxylic acids is 1. The number of imidazole rings is 1. The minimum atomic E-state index is -1.19. The number of aryl methyl sites for hydroxylation is 1. The van der Waals surface area contributed by atoms with Gasteiger partial charge in [-0.15, -0.1) is 0 Å². The zero-order valence-corrected chi connectivity index (χ0v) is 19.1. The van der Waals surface area contributed by atoms with Crippen LogP contribution in [-0.4, -0.2) is 39.6 Å². The predicted molar refractivity (Wildman–Crippen MR) is 124 cm³/mol. The van der Waals surface area contributed by atoms with Gasteiger partial charge < -0.3 is 19.7 Å². The number of carboxylic acids is 1. The van der Waals surface area contributed by atoms with Crippen LogP contribution in [0.2, 0.25) is 5.15 Å². The van der Waals surface area contributed by atoms with Crippen molar-refractivity contribution in [3.05, 3.63) is 81.9 Å². The number of nitrogens with one attached hydrogen (secondary N) is 1. The molecule has 0 fully saturated rings. The number of nitrogens with zero attached hydrogens (tertiary/aromatic N) is 2. The summed E-state index contributed by atoms with van der Waals surface area (Å²) in [5.74, 6) is -1.71. The lowest BCUT2D eigenvalue weighted by molar-refractivity contribution is 0.0588. The molecule has 33 heavy (non-hydrogen) atoms. The minimum absolute atomic E-state index is 0.0457. The monoisotopic (exact) mass is 469 g/mol. The zero-order valence-electron chi connectivity index (χ0n) is 18.3. The van der Waals surface area contributed by atoms with Crippen molar-refractivity contribution in [3.8, 4) is 0 Å². The summed E-state index contributed by atoms with van der Waals surface area (Å²) >= 11 is 6.26. The van der Waals surface area contributed by atoms with E-state index in [0.29, 0.717) is 23.5 Å². The van der Waals surface area contributed by atoms with Gasteiger partial charge in [-0.05, 0) is 30.2 Å². The van der Waals surface area contributed by atoms with Gasteiger partial charge in [-0.25, -0.2) is 14.6 Å². The van der Waals surface area contributed by atoms with E-state index in [1.807, 2.05) is 0 Å². The molecule has 0 aliphatic carbocycles. The van der Waals surface area contributed by atoms with E-state index in [9.17, 15) is 19.5 Å². The Balaban J connectivity index is 1.97. The first-order valence-corrected chi connectivity index (χ1v) is 10.8. The number of unbranched alkanes of at least 4 members (excludes halogenated alkanes) is 1. The van der Waals surface area contributed by atoms with E-state index in [4.69, 9.17) is 16.3 Å². The van der Waals surface area contributed by atoms with Crippen molar-refractivity contribution in [2.24, 2.45) is 0 Å². The van der Waals surface area contributed by atoms with Crippen LogP contribution in [0.15, 0.2) is 48.5 Å². The third-order valence-electron chi connectivity index (χ3n) is 5.13. The van der Waals surface area contributed by atoms with Crippen LogP contribution in [-0.2, 0) is 17.7 Å². The summed E-state index contributed by atoms with van der Waals surface area (Å²) < 4.78 is 6.59. The molecule has 0 saturated heterocycles. The molecule has 3 aromatic rings. The van der Waals surface area contributed by atoms with Gasteiger partial charge in [0.1, 0.15) is 5.82 Å². The Kier molecular flexibility index (Phi) is 7.84. The van der Waals surface area contributed by atoms with Gasteiger partial charge in [-0.1, -0.05) is 55.3 Å². The van der Waals surface area contributed by atoms with Crippen molar-refractivity contribution in [3.63, 3.8) is 0 Å². The quantitative estimate of drug-likeness (QED) is 0.441. The highest BCUT2D eigenvalue weighted by Gasteiger charge is 2.24. The SMILES string of the molecule is CCCCc1nc(Cl)c(C(=O)OC)n1Cc1ccccc1NC(=O)c1ccccc1C(=O)O. The fourth-order valence-electron chi connectivity index (χ4n) is 3.46. The normalized spacial score (nSPS) is 10.6. The molecule has 1 aromatic heterocycles. The molecule has 0 radical (unpaired) electrons. The van der Waals surface area contributed by atoms with Crippen molar-refractivity contribution in [1.29, 1.82) is 0 Å². The molecule has 0 unspecified atom stereocenters. The third kappa shape index (κ3) is 5.40. The predicted octanol–water partition coefficient (Wildman–Crippen LogP) is 4.66. The lowest BCUT2D eigenvalue weighted by Crippen LogP contribution is -2.19. The Morgan fingerprint density at radius 3 is 2.42 bits per heavy atom. The van der Waals surface area contributed by atoms with Gasteiger partial charge in [0.25, 0.3) is 5.91 Å². The highest BCUT2D eigenvalue weighted by Crippen LogP contribution is 2.25. The number of anilines is 1. The number of halogens is 1. The van der Waals surface area contributed by atoms with E-state index < -0.39 is 17.8 Å². The fourth-order valence-corrected chi connectivity index (χ4v) is 3.74. The average Bonchev–Trinajstić information content (AvgIpc) is 3.12. The van der Waals surface area contributed by atoms with Gasteiger partial charge in [0, 0.05) is 12.1 Å². The average molecular weight is 470 g/mol. The first kappa shape index (κ1) is 24.0. The molecule has 2 aromatic carbocycles. The van der Waals surface area contributed by atoms with Gasteiger partial charge in [0.2, 0.25) is 0 Å². The number of ether oxygens (including phenoxy) is 1. The number of amides is 1. The van der Waals surface area contributed by atoms with Crippen LogP contribution in [0, 0.1) is 0 Å². The summed E-state index contributed by atoms with van der Waals surface area (Å²) in [6, 6.07) is 13.1. The molecule has 0 aliphatic heterocycles. The lowest BCUT2D eigenvalue weighted by atomic mass is 10.1. The van der Waals surface area contributed by atoms with E-state index in [2.05, 4.69) is 17.2 Å². The Morgan fingerprint density at radius 1 is 1.09 bits per heavy atom. The van der Waals surface area contributed by atoms with E-state index in [-0.39, 0.29) is 28.5 Å². The Morgan fingerprint density at radius 2 is 1.76 bits per heavy atom. The van der Waals surface area contributed by atoms with Gasteiger partial charge in [0.15, 0.2) is 10.8 Å². The van der Waals surface area contributed by atoms with E-state index in [0.717, 1.165) is 12.8 Å². The lowest BCUT2D eigenvalue weighted by Gasteiger charge is -2.15. The minimum Gasteiger partial charge on any atom is -0.478 e. The van der Waals surface area contributed by atoms with Crippen LogP contribution in [0.4, 0.5) is 5.69 Å². The second-order valence-corrected chi connectivity index (χ2v) is 7.67. The van der Waals surface area contributed by atoms with E-state index in [1.165, 1.54) is 19.2 Å². The van der Waals surface area contributed by atoms with Crippen LogP contribution < -0.4 is 5.32 Å². The van der Waals surface area contributed by atoms with Gasteiger partial charge >= 0.3 is 11.9 Å². The van der Waals surface area contributed by atoms with Crippen LogP contribution in [0.1, 0.15) is 62.4 Å².